The Hall–Kier alpha value is -0.610. The van der Waals surface area contributed by atoms with Gasteiger partial charge in [0.15, 0.2) is 0 Å². The molecule has 0 N–H and O–H groups in total. The van der Waals surface area contributed by atoms with Gasteiger partial charge >= 0.3 is 0 Å². The predicted octanol–water partition coefficient (Wildman–Crippen LogP) is 2.96. The smallest absolute Gasteiger partial charge is 0.148 e. The Bertz CT molecular complexity index is 372. The van der Waals surface area contributed by atoms with E-state index >= 15 is 0 Å². The highest BCUT2D eigenvalue weighted by Crippen LogP contribution is 2.34. The van der Waals surface area contributed by atoms with Gasteiger partial charge in [0.05, 0.1) is 12.5 Å². The van der Waals surface area contributed by atoms with E-state index in [0.29, 0.717) is 18.4 Å². The van der Waals surface area contributed by atoms with Gasteiger partial charge in [-0.05, 0) is 18.8 Å². The van der Waals surface area contributed by atoms with Gasteiger partial charge in [0.25, 0.3) is 0 Å². The van der Waals surface area contributed by atoms with Crippen molar-refractivity contribution in [2.24, 2.45) is 5.92 Å². The van der Waals surface area contributed by atoms with Crippen LogP contribution in [0.25, 0.3) is 0 Å². The lowest BCUT2D eigenvalue weighted by atomic mass is 9.82. The minimum absolute atomic E-state index is 0.417. The summed E-state index contributed by atoms with van der Waals surface area (Å²) in [6.45, 7) is 3.81. The van der Waals surface area contributed by atoms with E-state index in [4.69, 9.17) is 16.3 Å². The van der Waals surface area contributed by atoms with E-state index in [9.17, 15) is 0 Å². The molecule has 1 heterocycles. The van der Waals surface area contributed by atoms with Crippen LogP contribution in [-0.4, -0.2) is 28.5 Å². The molecular formula is C13H22ClN3O. The molecule has 4 nitrogen and oxygen atoms in total. The number of nitrogens with zero attached hydrogens (tertiary/aromatic N) is 3. The first-order valence-corrected chi connectivity index (χ1v) is 7.26. The van der Waals surface area contributed by atoms with E-state index in [1.165, 1.54) is 25.7 Å². The highest BCUT2D eigenvalue weighted by Gasteiger charge is 2.25. The summed E-state index contributed by atoms with van der Waals surface area (Å²) in [7, 11) is 1.71. The Morgan fingerprint density at radius 1 is 1.28 bits per heavy atom. The maximum Gasteiger partial charge on any atom is 0.148 e. The molecule has 0 radical (unpaired) electrons. The lowest BCUT2D eigenvalue weighted by Gasteiger charge is -2.26. The summed E-state index contributed by atoms with van der Waals surface area (Å²) in [6.07, 6.45) is 5.01. The van der Waals surface area contributed by atoms with Crippen molar-refractivity contribution >= 4 is 11.6 Å². The standard InChI is InChI=1S/C13H22ClN3O/c1-10-3-5-11(6-4-10)13-16-15-12(9-14)17(13)7-8-18-2/h10-11H,3-9H2,1-2H3. The summed E-state index contributed by atoms with van der Waals surface area (Å²) < 4.78 is 7.30. The highest BCUT2D eigenvalue weighted by molar-refractivity contribution is 6.16. The SMILES string of the molecule is COCCn1c(CCl)nnc1C1CCC(C)CC1. The molecule has 1 saturated carbocycles. The van der Waals surface area contributed by atoms with Gasteiger partial charge in [-0.15, -0.1) is 21.8 Å². The molecule has 5 heteroatoms. The van der Waals surface area contributed by atoms with Crippen molar-refractivity contribution in [2.45, 2.75) is 50.9 Å². The Balaban J connectivity index is 2.13. The van der Waals surface area contributed by atoms with Gasteiger partial charge in [-0.3, -0.25) is 0 Å². The molecular weight excluding hydrogens is 250 g/mol. The molecule has 0 unspecified atom stereocenters. The van der Waals surface area contributed by atoms with Crippen molar-refractivity contribution in [3.8, 4) is 0 Å². The zero-order chi connectivity index (χ0) is 13.0. The maximum absolute atomic E-state index is 5.92. The van der Waals surface area contributed by atoms with E-state index < -0.39 is 0 Å². The highest BCUT2D eigenvalue weighted by atomic mass is 35.5. The largest absolute Gasteiger partial charge is 0.383 e. The quantitative estimate of drug-likeness (QED) is 0.773. The van der Waals surface area contributed by atoms with Gasteiger partial charge in [-0.2, -0.15) is 0 Å². The van der Waals surface area contributed by atoms with Crippen molar-refractivity contribution in [2.75, 3.05) is 13.7 Å². The fourth-order valence-corrected chi connectivity index (χ4v) is 2.89. The number of halogens is 1. The van der Waals surface area contributed by atoms with Crippen molar-refractivity contribution in [3.63, 3.8) is 0 Å². The molecule has 0 aromatic carbocycles. The van der Waals surface area contributed by atoms with Gasteiger partial charge in [-0.1, -0.05) is 19.8 Å². The lowest BCUT2D eigenvalue weighted by molar-refractivity contribution is 0.184. The van der Waals surface area contributed by atoms with Gasteiger partial charge in [-0.25, -0.2) is 0 Å². The van der Waals surface area contributed by atoms with Crippen molar-refractivity contribution in [1.82, 2.24) is 14.8 Å². The minimum atomic E-state index is 0.417. The first kappa shape index (κ1) is 13.8. The van der Waals surface area contributed by atoms with Crippen LogP contribution in [0.5, 0.6) is 0 Å². The number of ether oxygens (including phenoxy) is 1. The Kier molecular flexibility index (Phi) is 5.01. The van der Waals surface area contributed by atoms with Gasteiger partial charge in [0.2, 0.25) is 0 Å². The van der Waals surface area contributed by atoms with E-state index in [1.54, 1.807) is 7.11 Å². The number of hydrogen-bond acceptors (Lipinski definition) is 3. The molecule has 0 bridgehead atoms. The number of rotatable bonds is 5. The summed E-state index contributed by atoms with van der Waals surface area (Å²) in [6, 6.07) is 0. The Labute approximate surface area is 114 Å². The van der Waals surface area contributed by atoms with Crippen molar-refractivity contribution in [1.29, 1.82) is 0 Å². The second-order valence-electron chi connectivity index (χ2n) is 5.21. The molecule has 18 heavy (non-hydrogen) atoms. The molecule has 1 aromatic rings. The fourth-order valence-electron chi connectivity index (χ4n) is 2.69. The second-order valence-corrected chi connectivity index (χ2v) is 5.48. The lowest BCUT2D eigenvalue weighted by Crippen LogP contribution is -2.18. The molecule has 0 amide bonds. The van der Waals surface area contributed by atoms with Crippen LogP contribution in [0.3, 0.4) is 0 Å². The van der Waals surface area contributed by atoms with Crippen molar-refractivity contribution in [3.05, 3.63) is 11.6 Å². The Morgan fingerprint density at radius 3 is 2.61 bits per heavy atom. The normalized spacial score (nSPS) is 24.4. The average molecular weight is 272 g/mol. The molecule has 2 rings (SSSR count). The maximum atomic E-state index is 5.92. The predicted molar refractivity (Wildman–Crippen MR) is 71.8 cm³/mol. The van der Waals surface area contributed by atoms with Crippen LogP contribution in [0.4, 0.5) is 0 Å². The van der Waals surface area contributed by atoms with E-state index in [0.717, 1.165) is 24.1 Å². The molecule has 1 aliphatic carbocycles. The minimum Gasteiger partial charge on any atom is -0.383 e. The molecule has 0 aliphatic heterocycles. The van der Waals surface area contributed by atoms with Crippen molar-refractivity contribution < 1.29 is 4.74 Å². The number of hydrogen-bond donors (Lipinski definition) is 0. The molecule has 0 atom stereocenters. The third-order valence-corrected chi connectivity index (χ3v) is 4.11. The second kappa shape index (κ2) is 6.53. The average Bonchev–Trinajstić information content (AvgIpc) is 2.80. The first-order chi connectivity index (χ1) is 8.76. The summed E-state index contributed by atoms with van der Waals surface area (Å²) in [5.74, 6) is 3.78. The molecule has 1 aliphatic rings. The van der Waals surface area contributed by atoms with Crippen LogP contribution in [0.2, 0.25) is 0 Å². The molecule has 1 aromatic heterocycles. The van der Waals surface area contributed by atoms with Gasteiger partial charge in [0, 0.05) is 19.6 Å². The summed E-state index contributed by atoms with van der Waals surface area (Å²) in [5, 5.41) is 8.57. The van der Waals surface area contributed by atoms with Gasteiger partial charge < -0.3 is 9.30 Å². The third kappa shape index (κ3) is 3.04. The summed E-state index contributed by atoms with van der Waals surface area (Å²) >= 11 is 5.92. The van der Waals surface area contributed by atoms with Crippen LogP contribution in [-0.2, 0) is 17.2 Å². The van der Waals surface area contributed by atoms with Gasteiger partial charge in [0.1, 0.15) is 11.6 Å². The zero-order valence-corrected chi connectivity index (χ0v) is 12.0. The number of aromatic nitrogens is 3. The van der Waals surface area contributed by atoms with Crippen LogP contribution in [0.15, 0.2) is 0 Å². The van der Waals surface area contributed by atoms with Crippen LogP contribution in [0, 0.1) is 5.92 Å². The zero-order valence-electron chi connectivity index (χ0n) is 11.2. The Morgan fingerprint density at radius 2 is 2.00 bits per heavy atom. The fraction of sp³-hybridized carbons (Fsp3) is 0.846. The van der Waals surface area contributed by atoms with Crippen LogP contribution >= 0.6 is 11.6 Å². The van der Waals surface area contributed by atoms with E-state index in [-0.39, 0.29) is 0 Å². The first-order valence-electron chi connectivity index (χ1n) is 6.73. The summed E-state index contributed by atoms with van der Waals surface area (Å²) in [4.78, 5) is 0. The molecule has 0 spiro atoms. The topological polar surface area (TPSA) is 39.9 Å². The number of methoxy groups -OCH3 is 1. The monoisotopic (exact) mass is 271 g/mol. The van der Waals surface area contributed by atoms with E-state index in [2.05, 4.69) is 21.7 Å². The number of alkyl halides is 1. The van der Waals surface area contributed by atoms with Crippen LogP contribution < -0.4 is 0 Å². The third-order valence-electron chi connectivity index (χ3n) is 3.88. The van der Waals surface area contributed by atoms with E-state index in [1.807, 2.05) is 0 Å². The molecule has 0 saturated heterocycles. The molecule has 1 fully saturated rings. The summed E-state index contributed by atoms with van der Waals surface area (Å²) in [5.41, 5.74) is 0. The molecule has 102 valence electrons. The van der Waals surface area contributed by atoms with Crippen LogP contribution in [0.1, 0.15) is 50.2 Å².